The van der Waals surface area contributed by atoms with Gasteiger partial charge in [-0.2, -0.15) is 4.72 Å². The van der Waals surface area contributed by atoms with Crippen LogP contribution >= 0.6 is 11.6 Å². The Morgan fingerprint density at radius 1 is 1.02 bits per heavy atom. The molecule has 10 nitrogen and oxygen atoms in total. The van der Waals surface area contributed by atoms with E-state index in [4.69, 9.17) is 21.1 Å². The van der Waals surface area contributed by atoms with E-state index in [1.807, 2.05) is 25.1 Å². The summed E-state index contributed by atoms with van der Waals surface area (Å²) in [6.07, 6.45) is 2.23. The summed E-state index contributed by atoms with van der Waals surface area (Å²) in [4.78, 5) is 30.4. The van der Waals surface area contributed by atoms with Gasteiger partial charge in [-0.1, -0.05) is 47.5 Å². The smallest absolute Gasteiger partial charge is 0.332 e. The van der Waals surface area contributed by atoms with Crippen LogP contribution in [0.2, 0.25) is 5.02 Å². The Labute approximate surface area is 276 Å². The SMILES string of the molecule is Cc1ccc(S(=O)(=O)N[C@@H](Cc2ccc(OCCCN3CCN(c4cccc(Cl)c4)CC3)cc2)C(=O)OC(=O)[C@@H]2CCCN2)cc1. The van der Waals surface area contributed by atoms with Gasteiger partial charge in [0.05, 0.1) is 11.5 Å². The third kappa shape index (κ3) is 9.52. The molecular formula is C34H41ClN4O6S. The van der Waals surface area contributed by atoms with Crippen molar-refractivity contribution in [3.8, 4) is 5.75 Å². The molecule has 0 bridgehead atoms. The highest BCUT2D eigenvalue weighted by Crippen LogP contribution is 2.21. The fraction of sp³-hybridized carbons (Fsp3) is 0.412. The largest absolute Gasteiger partial charge is 0.494 e. The van der Waals surface area contributed by atoms with Gasteiger partial charge in [0.25, 0.3) is 0 Å². The molecule has 2 atom stereocenters. The van der Waals surface area contributed by atoms with Crippen LogP contribution in [0.15, 0.2) is 77.7 Å². The lowest BCUT2D eigenvalue weighted by molar-refractivity contribution is -0.162. The molecule has 2 saturated heterocycles. The van der Waals surface area contributed by atoms with E-state index in [-0.39, 0.29) is 11.3 Å². The highest BCUT2D eigenvalue weighted by molar-refractivity contribution is 7.89. The number of sulfonamides is 1. The summed E-state index contributed by atoms with van der Waals surface area (Å²) >= 11 is 6.15. The zero-order chi connectivity index (χ0) is 32.5. The van der Waals surface area contributed by atoms with E-state index in [1.54, 1.807) is 36.4 Å². The second-order valence-corrected chi connectivity index (χ2v) is 13.9. The van der Waals surface area contributed by atoms with Crippen molar-refractivity contribution in [2.45, 2.75) is 49.6 Å². The van der Waals surface area contributed by atoms with Crippen LogP contribution in [-0.2, 0) is 30.8 Å². The van der Waals surface area contributed by atoms with Crippen LogP contribution in [0, 0.1) is 6.92 Å². The average molecular weight is 669 g/mol. The maximum atomic E-state index is 13.2. The third-order valence-corrected chi connectivity index (χ3v) is 9.98. The first-order valence-electron chi connectivity index (χ1n) is 15.7. The Balaban J connectivity index is 1.12. The molecule has 2 aliphatic heterocycles. The third-order valence-electron chi connectivity index (χ3n) is 8.26. The first-order chi connectivity index (χ1) is 22.2. The lowest BCUT2D eigenvalue weighted by Crippen LogP contribution is -2.46. The first kappa shape index (κ1) is 33.9. The quantitative estimate of drug-likeness (QED) is 0.159. The van der Waals surface area contributed by atoms with E-state index in [0.29, 0.717) is 30.9 Å². The number of hydrogen-bond acceptors (Lipinski definition) is 9. The molecule has 5 rings (SSSR count). The molecule has 0 amide bonds. The Kier molecular flexibility index (Phi) is 11.7. The van der Waals surface area contributed by atoms with Crippen molar-refractivity contribution in [3.05, 3.63) is 88.9 Å². The van der Waals surface area contributed by atoms with E-state index >= 15 is 0 Å². The van der Waals surface area contributed by atoms with Crippen molar-refractivity contribution in [3.63, 3.8) is 0 Å². The standard InChI is InChI=1S/C34H41ClN4O6S/c1-25-8-14-30(15-9-25)46(42,43)37-32(34(41)45-33(40)31-7-3-16-36-31)23-26-10-12-29(13-11-26)44-22-4-17-38-18-20-39(21-19-38)28-6-2-5-27(35)24-28/h2,5-6,8-15,24,31-32,36-37H,3-4,7,16-23H2,1H3/t31-,32-/m0/s1. The Bertz CT molecular complexity index is 1570. The summed E-state index contributed by atoms with van der Waals surface area (Å²) < 4.78 is 39.9. The number of piperazine rings is 1. The topological polar surface area (TPSA) is 117 Å². The maximum Gasteiger partial charge on any atom is 0.332 e. The highest BCUT2D eigenvalue weighted by Gasteiger charge is 2.32. The average Bonchev–Trinajstić information content (AvgIpc) is 3.60. The van der Waals surface area contributed by atoms with Crippen molar-refractivity contribution in [1.82, 2.24) is 14.9 Å². The van der Waals surface area contributed by atoms with Crippen molar-refractivity contribution in [2.75, 3.05) is 50.8 Å². The van der Waals surface area contributed by atoms with Gasteiger partial charge < -0.3 is 19.7 Å². The number of rotatable bonds is 13. The van der Waals surface area contributed by atoms with Gasteiger partial charge >= 0.3 is 11.9 Å². The summed E-state index contributed by atoms with van der Waals surface area (Å²) in [5.41, 5.74) is 2.74. The van der Waals surface area contributed by atoms with E-state index < -0.39 is 34.0 Å². The van der Waals surface area contributed by atoms with Crippen LogP contribution < -0.4 is 19.7 Å². The minimum Gasteiger partial charge on any atom is -0.494 e. The minimum absolute atomic E-state index is 0.00323. The summed E-state index contributed by atoms with van der Waals surface area (Å²) in [5, 5.41) is 3.75. The number of nitrogens with one attached hydrogen (secondary N) is 2. The Hall–Kier alpha value is -3.48. The fourth-order valence-corrected chi connectivity index (χ4v) is 6.98. The van der Waals surface area contributed by atoms with E-state index in [0.717, 1.165) is 61.8 Å². The monoisotopic (exact) mass is 668 g/mol. The summed E-state index contributed by atoms with van der Waals surface area (Å²) in [6.45, 7) is 7.84. The molecule has 3 aromatic carbocycles. The van der Waals surface area contributed by atoms with E-state index in [9.17, 15) is 18.0 Å². The van der Waals surface area contributed by atoms with Gasteiger partial charge in [-0.05, 0) is 87.2 Å². The summed E-state index contributed by atoms with van der Waals surface area (Å²) in [5.74, 6) is -0.965. The molecule has 246 valence electrons. The van der Waals surface area contributed by atoms with Gasteiger partial charge in [0, 0.05) is 43.4 Å². The molecule has 3 aromatic rings. The number of nitrogens with zero attached hydrogens (tertiary/aromatic N) is 2. The van der Waals surface area contributed by atoms with Crippen LogP contribution in [0.5, 0.6) is 5.75 Å². The van der Waals surface area contributed by atoms with Crippen LogP contribution in [-0.4, -0.2) is 83.2 Å². The number of aryl methyl sites for hydroxylation is 1. The Morgan fingerprint density at radius 3 is 2.43 bits per heavy atom. The van der Waals surface area contributed by atoms with Gasteiger partial charge in [-0.3, -0.25) is 4.90 Å². The van der Waals surface area contributed by atoms with Crippen molar-refractivity contribution >= 4 is 39.3 Å². The predicted molar refractivity (Wildman–Crippen MR) is 178 cm³/mol. The molecule has 46 heavy (non-hydrogen) atoms. The number of benzene rings is 3. The maximum absolute atomic E-state index is 13.2. The molecule has 0 aromatic heterocycles. The van der Waals surface area contributed by atoms with Crippen LogP contribution in [0.3, 0.4) is 0 Å². The molecule has 0 aliphatic carbocycles. The molecule has 0 unspecified atom stereocenters. The number of hydrogen-bond donors (Lipinski definition) is 2. The molecular weight excluding hydrogens is 628 g/mol. The zero-order valence-electron chi connectivity index (χ0n) is 26.0. The molecule has 2 fully saturated rings. The molecule has 2 N–H and O–H groups in total. The van der Waals surface area contributed by atoms with Crippen molar-refractivity contribution in [1.29, 1.82) is 0 Å². The van der Waals surface area contributed by atoms with E-state index in [1.165, 1.54) is 12.1 Å². The summed E-state index contributed by atoms with van der Waals surface area (Å²) in [6, 6.07) is 19.5. The van der Waals surface area contributed by atoms with Crippen molar-refractivity contribution in [2.24, 2.45) is 0 Å². The molecule has 2 heterocycles. The number of esters is 2. The molecule has 0 spiro atoms. The second-order valence-electron chi connectivity index (χ2n) is 11.7. The molecule has 0 saturated carbocycles. The first-order valence-corrected chi connectivity index (χ1v) is 17.5. The molecule has 0 radical (unpaired) electrons. The highest BCUT2D eigenvalue weighted by atomic mass is 35.5. The van der Waals surface area contributed by atoms with Gasteiger partial charge in [0.2, 0.25) is 10.0 Å². The van der Waals surface area contributed by atoms with Crippen LogP contribution in [0.4, 0.5) is 5.69 Å². The molecule has 12 heteroatoms. The van der Waals surface area contributed by atoms with Gasteiger partial charge in [0.15, 0.2) is 0 Å². The molecule has 2 aliphatic rings. The van der Waals surface area contributed by atoms with Gasteiger partial charge in [-0.15, -0.1) is 0 Å². The van der Waals surface area contributed by atoms with Gasteiger partial charge in [0.1, 0.15) is 17.8 Å². The predicted octanol–water partition coefficient (Wildman–Crippen LogP) is 3.95. The lowest BCUT2D eigenvalue weighted by atomic mass is 10.1. The number of carbonyl (C=O) groups is 2. The summed E-state index contributed by atoms with van der Waals surface area (Å²) in [7, 11) is -4.06. The lowest BCUT2D eigenvalue weighted by Gasteiger charge is -2.36. The number of anilines is 1. The minimum atomic E-state index is -4.06. The zero-order valence-corrected chi connectivity index (χ0v) is 27.6. The number of ether oxygens (including phenoxy) is 2. The second kappa shape index (κ2) is 15.9. The van der Waals surface area contributed by atoms with Crippen molar-refractivity contribution < 1.29 is 27.5 Å². The Morgan fingerprint density at radius 2 is 1.76 bits per heavy atom. The van der Waals surface area contributed by atoms with Gasteiger partial charge in [-0.25, -0.2) is 18.0 Å². The van der Waals surface area contributed by atoms with E-state index in [2.05, 4.69) is 25.9 Å². The van der Waals surface area contributed by atoms with Crippen LogP contribution in [0.25, 0.3) is 0 Å². The number of halogens is 1. The number of carbonyl (C=O) groups excluding carboxylic acids is 2. The normalized spacial score (nSPS) is 17.9. The van der Waals surface area contributed by atoms with Crippen LogP contribution in [0.1, 0.15) is 30.4 Å². The fourth-order valence-electron chi connectivity index (χ4n) is 5.61.